The van der Waals surface area contributed by atoms with Crippen molar-refractivity contribution in [3.63, 3.8) is 0 Å². The third kappa shape index (κ3) is 2.19. The molecule has 8 atom stereocenters. The van der Waals surface area contributed by atoms with E-state index < -0.39 is 0 Å². The highest BCUT2D eigenvalue weighted by molar-refractivity contribution is 5.91. The number of carbonyl (C=O) groups is 1. The molecule has 0 aromatic carbocycles. The van der Waals surface area contributed by atoms with E-state index in [0.717, 1.165) is 36.5 Å². The average molecular weight is 339 g/mol. The average Bonchev–Trinajstić information content (AvgIpc) is 2.73. The molecular formula is C24H34O. The van der Waals surface area contributed by atoms with Gasteiger partial charge in [-0.25, -0.2) is 0 Å². The van der Waals surface area contributed by atoms with Gasteiger partial charge in [0.25, 0.3) is 0 Å². The summed E-state index contributed by atoms with van der Waals surface area (Å²) in [7, 11) is 0. The lowest BCUT2D eigenvalue weighted by molar-refractivity contribution is -0.116. The van der Waals surface area contributed by atoms with Crippen molar-refractivity contribution in [3.05, 3.63) is 11.6 Å². The highest BCUT2D eigenvalue weighted by Crippen LogP contribution is 2.71. The first-order chi connectivity index (χ1) is 11.8. The minimum Gasteiger partial charge on any atom is -0.295 e. The van der Waals surface area contributed by atoms with Crippen LogP contribution in [0.25, 0.3) is 0 Å². The number of allylic oxidation sites excluding steroid dienone is 1. The maximum atomic E-state index is 11.9. The monoisotopic (exact) mass is 338 g/mol. The topological polar surface area (TPSA) is 17.1 Å². The Labute approximate surface area is 154 Å². The number of hydrogen-bond donors (Lipinski definition) is 0. The molecule has 0 aromatic heterocycles. The van der Waals surface area contributed by atoms with Gasteiger partial charge in [0.15, 0.2) is 5.78 Å². The van der Waals surface area contributed by atoms with Gasteiger partial charge in [0.1, 0.15) is 0 Å². The Hall–Kier alpha value is -1.03. The van der Waals surface area contributed by atoms with Gasteiger partial charge in [-0.2, -0.15) is 0 Å². The fourth-order valence-electron chi connectivity index (χ4n) is 7.88. The van der Waals surface area contributed by atoms with E-state index in [1.165, 1.54) is 31.3 Å². The van der Waals surface area contributed by atoms with Gasteiger partial charge in [0.05, 0.1) is 0 Å². The van der Waals surface area contributed by atoms with Crippen LogP contribution in [0.5, 0.6) is 0 Å². The molecule has 1 heteroatoms. The lowest BCUT2D eigenvalue weighted by Crippen LogP contribution is -2.49. The standard InChI is InChI=1S/C24H34O/c1-6-12-23(4)16(3)15(2)22-21-9-7-17-14-18(25)8-10-19(17)20(21)11-13-24(22,23)5/h14-16,19-22H,7-11,13H2,1-5H3/t15?,16?,19?,20?,21?,22?,23-,24?/m0/s1. The van der Waals surface area contributed by atoms with Gasteiger partial charge >= 0.3 is 0 Å². The summed E-state index contributed by atoms with van der Waals surface area (Å²) >= 11 is 0. The molecule has 0 saturated heterocycles. The van der Waals surface area contributed by atoms with Gasteiger partial charge in [0, 0.05) is 11.8 Å². The second-order valence-corrected chi connectivity index (χ2v) is 9.90. The highest BCUT2D eigenvalue weighted by Gasteiger charge is 2.65. The van der Waals surface area contributed by atoms with Crippen LogP contribution in [0, 0.1) is 58.2 Å². The summed E-state index contributed by atoms with van der Waals surface area (Å²) in [4.78, 5) is 11.9. The zero-order chi connectivity index (χ0) is 18.0. The first-order valence-electron chi connectivity index (χ1n) is 10.5. The van der Waals surface area contributed by atoms with Crippen LogP contribution in [0.2, 0.25) is 0 Å². The Kier molecular flexibility index (Phi) is 3.99. The second-order valence-electron chi connectivity index (χ2n) is 9.90. The molecule has 3 fully saturated rings. The summed E-state index contributed by atoms with van der Waals surface area (Å²) in [5.74, 6) is 11.9. The minimum atomic E-state index is 0.148. The Bertz CT molecular complexity index is 676. The van der Waals surface area contributed by atoms with Crippen LogP contribution >= 0.6 is 0 Å². The Balaban J connectivity index is 1.72. The van der Waals surface area contributed by atoms with Gasteiger partial charge in [0.2, 0.25) is 0 Å². The van der Waals surface area contributed by atoms with Crippen molar-refractivity contribution in [1.29, 1.82) is 0 Å². The summed E-state index contributed by atoms with van der Waals surface area (Å²) in [6.45, 7) is 12.0. The van der Waals surface area contributed by atoms with Crippen molar-refractivity contribution in [2.45, 2.75) is 73.1 Å². The molecule has 3 saturated carbocycles. The molecular weight excluding hydrogens is 304 g/mol. The molecule has 0 bridgehead atoms. The van der Waals surface area contributed by atoms with Gasteiger partial charge in [-0.3, -0.25) is 4.79 Å². The molecule has 7 unspecified atom stereocenters. The largest absolute Gasteiger partial charge is 0.295 e. The first kappa shape index (κ1) is 17.4. The zero-order valence-corrected chi connectivity index (χ0v) is 16.7. The molecule has 1 nitrogen and oxygen atoms in total. The van der Waals surface area contributed by atoms with E-state index in [4.69, 9.17) is 0 Å². The predicted octanol–water partition coefficient (Wildman–Crippen LogP) is 5.65. The molecule has 0 spiro atoms. The Morgan fingerprint density at radius 2 is 1.84 bits per heavy atom. The normalized spacial score (nSPS) is 51.6. The Morgan fingerprint density at radius 3 is 2.56 bits per heavy atom. The highest BCUT2D eigenvalue weighted by atomic mass is 16.1. The van der Waals surface area contributed by atoms with Crippen LogP contribution < -0.4 is 0 Å². The number of fused-ring (bicyclic) bond motifs is 5. The van der Waals surface area contributed by atoms with Gasteiger partial charge < -0.3 is 0 Å². The predicted molar refractivity (Wildman–Crippen MR) is 103 cm³/mol. The Morgan fingerprint density at radius 1 is 1.08 bits per heavy atom. The summed E-state index contributed by atoms with van der Waals surface area (Å²) in [6, 6.07) is 0. The molecule has 0 aromatic rings. The third-order valence-electron chi connectivity index (χ3n) is 9.39. The number of hydrogen-bond acceptors (Lipinski definition) is 1. The summed E-state index contributed by atoms with van der Waals surface area (Å²) in [6.07, 6.45) is 9.04. The molecule has 0 amide bonds. The molecule has 0 radical (unpaired) electrons. The van der Waals surface area contributed by atoms with Crippen molar-refractivity contribution in [2.24, 2.45) is 46.3 Å². The van der Waals surface area contributed by atoms with Gasteiger partial charge in [-0.05, 0) is 93.0 Å². The van der Waals surface area contributed by atoms with Crippen molar-refractivity contribution >= 4 is 5.78 Å². The molecule has 136 valence electrons. The van der Waals surface area contributed by atoms with Crippen molar-refractivity contribution < 1.29 is 4.79 Å². The van der Waals surface area contributed by atoms with Crippen molar-refractivity contribution in [3.8, 4) is 11.8 Å². The number of ketones is 1. The fraction of sp³-hybridized carbons (Fsp3) is 0.792. The molecule has 0 heterocycles. The van der Waals surface area contributed by atoms with Crippen molar-refractivity contribution in [1.82, 2.24) is 0 Å². The van der Waals surface area contributed by atoms with Crippen LogP contribution in [0.4, 0.5) is 0 Å². The van der Waals surface area contributed by atoms with Crippen LogP contribution in [-0.4, -0.2) is 5.78 Å². The fourth-order valence-corrected chi connectivity index (χ4v) is 7.88. The summed E-state index contributed by atoms with van der Waals surface area (Å²) in [5, 5.41) is 0. The van der Waals surface area contributed by atoms with Crippen LogP contribution in [0.3, 0.4) is 0 Å². The molecule has 0 aliphatic heterocycles. The molecule has 4 rings (SSSR count). The molecule has 4 aliphatic carbocycles. The van der Waals surface area contributed by atoms with Crippen LogP contribution in [0.15, 0.2) is 11.6 Å². The summed E-state index contributed by atoms with van der Waals surface area (Å²) < 4.78 is 0. The lowest BCUT2D eigenvalue weighted by atomic mass is 9.48. The van der Waals surface area contributed by atoms with E-state index in [1.807, 2.05) is 13.0 Å². The van der Waals surface area contributed by atoms with E-state index in [-0.39, 0.29) is 5.41 Å². The van der Waals surface area contributed by atoms with Crippen molar-refractivity contribution in [2.75, 3.05) is 0 Å². The zero-order valence-electron chi connectivity index (χ0n) is 16.7. The third-order valence-corrected chi connectivity index (χ3v) is 9.39. The van der Waals surface area contributed by atoms with E-state index in [0.29, 0.717) is 23.0 Å². The second kappa shape index (κ2) is 5.73. The van der Waals surface area contributed by atoms with Gasteiger partial charge in [-0.15, -0.1) is 5.92 Å². The maximum absolute atomic E-state index is 11.9. The maximum Gasteiger partial charge on any atom is 0.155 e. The van der Waals surface area contributed by atoms with E-state index >= 15 is 0 Å². The van der Waals surface area contributed by atoms with E-state index in [1.54, 1.807) is 0 Å². The number of rotatable bonds is 0. The SMILES string of the molecule is CC#C[C@@]1(C)C(C)C(C)C2C3CCC4=CC(=O)CCC4C3CCC21C. The number of carbonyl (C=O) groups excluding carboxylic acids is 1. The molecule has 4 aliphatic rings. The smallest absolute Gasteiger partial charge is 0.155 e. The van der Waals surface area contributed by atoms with E-state index in [2.05, 4.69) is 39.5 Å². The summed E-state index contributed by atoms with van der Waals surface area (Å²) in [5.41, 5.74) is 1.99. The van der Waals surface area contributed by atoms with Crippen LogP contribution in [-0.2, 0) is 4.79 Å². The minimum absolute atomic E-state index is 0.148. The molecule has 0 N–H and O–H groups in total. The van der Waals surface area contributed by atoms with Crippen LogP contribution in [0.1, 0.15) is 73.1 Å². The van der Waals surface area contributed by atoms with E-state index in [9.17, 15) is 4.79 Å². The quantitative estimate of drug-likeness (QED) is 0.522. The lowest BCUT2D eigenvalue weighted by Gasteiger charge is -2.56. The van der Waals surface area contributed by atoms with Gasteiger partial charge in [-0.1, -0.05) is 32.3 Å². The molecule has 25 heavy (non-hydrogen) atoms. The first-order valence-corrected chi connectivity index (χ1v) is 10.5.